The molecule has 4 heterocycles. The number of nitrogens with two attached hydrogens (primary N) is 1. The quantitative estimate of drug-likeness (QED) is 0.548. The summed E-state index contributed by atoms with van der Waals surface area (Å²) in [5, 5.41) is 0.479. The first-order chi connectivity index (χ1) is 16.4. The lowest BCUT2D eigenvalue weighted by Gasteiger charge is -2.40. The van der Waals surface area contributed by atoms with Gasteiger partial charge in [-0.15, -0.1) is 0 Å². The van der Waals surface area contributed by atoms with E-state index in [4.69, 9.17) is 27.1 Å². The van der Waals surface area contributed by atoms with Gasteiger partial charge >= 0.3 is 0 Å². The van der Waals surface area contributed by atoms with Crippen molar-refractivity contribution in [3.05, 3.63) is 69.6 Å². The number of aromatic nitrogens is 3. The van der Waals surface area contributed by atoms with Crippen LogP contribution in [-0.4, -0.2) is 46.6 Å². The van der Waals surface area contributed by atoms with Crippen molar-refractivity contribution >= 4 is 23.4 Å². The van der Waals surface area contributed by atoms with Gasteiger partial charge in [0.15, 0.2) is 0 Å². The number of methoxy groups -OCH3 is 1. The summed E-state index contributed by atoms with van der Waals surface area (Å²) >= 11 is 6.72. The van der Waals surface area contributed by atoms with Gasteiger partial charge in [0.25, 0.3) is 0 Å². The topological polar surface area (TPSA) is 80.4 Å². The maximum atomic E-state index is 6.72. The zero-order valence-electron chi connectivity index (χ0n) is 20.0. The maximum absolute atomic E-state index is 6.72. The van der Waals surface area contributed by atoms with Gasteiger partial charge in [-0.25, -0.2) is 4.98 Å². The number of hydrogen-bond acceptors (Lipinski definition) is 7. The van der Waals surface area contributed by atoms with E-state index in [0.29, 0.717) is 11.7 Å². The fourth-order valence-electron chi connectivity index (χ4n) is 5.57. The average Bonchev–Trinajstić information content (AvgIpc) is 3.11. The van der Waals surface area contributed by atoms with Gasteiger partial charge in [0.1, 0.15) is 16.7 Å². The Bertz CT molecular complexity index is 1190. The van der Waals surface area contributed by atoms with Gasteiger partial charge in [0.2, 0.25) is 5.95 Å². The van der Waals surface area contributed by atoms with Gasteiger partial charge in [0.05, 0.1) is 19.3 Å². The number of hydrogen-bond donors (Lipinski definition) is 1. The maximum Gasteiger partial charge on any atom is 0.223 e. The van der Waals surface area contributed by atoms with Gasteiger partial charge in [-0.1, -0.05) is 41.9 Å². The molecular formula is C26H31ClN6O. The normalized spacial score (nSPS) is 17.2. The van der Waals surface area contributed by atoms with Crippen LogP contribution in [0.25, 0.3) is 0 Å². The summed E-state index contributed by atoms with van der Waals surface area (Å²) in [5.41, 5.74) is 11.4. The Hall–Kier alpha value is -2.90. The van der Waals surface area contributed by atoms with Crippen molar-refractivity contribution in [2.24, 2.45) is 0 Å². The van der Waals surface area contributed by atoms with Crippen molar-refractivity contribution < 1.29 is 4.74 Å². The van der Waals surface area contributed by atoms with Crippen LogP contribution in [0.5, 0.6) is 5.75 Å². The SMILES string of the molecule is COc1c(C)cnc(CN2CC3(CCN(Cc4ccccc4)CC3)c3c(Cl)nc(N)nc32)c1C. The molecule has 7 nitrogen and oxygen atoms in total. The molecule has 178 valence electrons. The Morgan fingerprint density at radius 3 is 2.53 bits per heavy atom. The molecule has 5 rings (SSSR count). The Balaban J connectivity index is 1.42. The second-order valence-electron chi connectivity index (χ2n) is 9.52. The lowest BCUT2D eigenvalue weighted by Crippen LogP contribution is -2.45. The predicted octanol–water partition coefficient (Wildman–Crippen LogP) is 4.29. The standard InChI is InChI=1S/C26H31ClN6O/c1-17-13-29-20(18(2)22(17)34-3)15-33-16-26(21-23(27)30-25(28)31-24(21)33)9-11-32(12-10-26)14-19-7-5-4-6-8-19/h4-8,13H,9-12,14-16H2,1-3H3,(H2,28,30,31). The molecule has 2 aromatic heterocycles. The van der Waals surface area contributed by atoms with Crippen LogP contribution < -0.4 is 15.4 Å². The van der Waals surface area contributed by atoms with Gasteiger partial charge in [-0.2, -0.15) is 4.98 Å². The van der Waals surface area contributed by atoms with Crippen molar-refractivity contribution in [2.45, 2.75) is 45.2 Å². The minimum atomic E-state index is -0.0873. The number of rotatable bonds is 5. The number of anilines is 2. The van der Waals surface area contributed by atoms with Crippen molar-refractivity contribution in [3.8, 4) is 5.75 Å². The molecule has 2 N–H and O–H groups in total. The molecule has 2 aliphatic heterocycles. The number of piperidine rings is 1. The number of fused-ring (bicyclic) bond motifs is 2. The molecule has 0 bridgehead atoms. The second-order valence-corrected chi connectivity index (χ2v) is 9.87. The molecule has 34 heavy (non-hydrogen) atoms. The van der Waals surface area contributed by atoms with E-state index < -0.39 is 0 Å². The van der Waals surface area contributed by atoms with Crippen molar-refractivity contribution in [3.63, 3.8) is 0 Å². The third kappa shape index (κ3) is 4.07. The highest BCUT2D eigenvalue weighted by atomic mass is 35.5. The fourth-order valence-corrected chi connectivity index (χ4v) is 5.94. The number of ether oxygens (including phenoxy) is 1. The number of nitrogen functional groups attached to an aromatic ring is 1. The number of likely N-dealkylation sites (tertiary alicyclic amines) is 1. The van der Waals surface area contributed by atoms with E-state index in [0.717, 1.165) is 73.0 Å². The molecule has 0 unspecified atom stereocenters. The molecule has 0 atom stereocenters. The molecular weight excluding hydrogens is 448 g/mol. The van der Waals surface area contributed by atoms with Crippen LogP contribution in [0.3, 0.4) is 0 Å². The van der Waals surface area contributed by atoms with Crippen LogP contribution in [-0.2, 0) is 18.5 Å². The van der Waals surface area contributed by atoms with Gasteiger partial charge in [-0.3, -0.25) is 9.88 Å². The monoisotopic (exact) mass is 478 g/mol. The first-order valence-corrected chi connectivity index (χ1v) is 12.1. The number of nitrogens with zero attached hydrogens (tertiary/aromatic N) is 5. The fraction of sp³-hybridized carbons (Fsp3) is 0.423. The molecule has 1 saturated heterocycles. The molecule has 0 aliphatic carbocycles. The predicted molar refractivity (Wildman–Crippen MR) is 135 cm³/mol. The summed E-state index contributed by atoms with van der Waals surface area (Å²) in [7, 11) is 1.70. The van der Waals surface area contributed by atoms with Crippen LogP contribution in [0.2, 0.25) is 5.15 Å². The smallest absolute Gasteiger partial charge is 0.223 e. The van der Waals surface area contributed by atoms with Crippen LogP contribution in [0, 0.1) is 13.8 Å². The van der Waals surface area contributed by atoms with Crippen molar-refractivity contribution in [2.75, 3.05) is 37.4 Å². The van der Waals surface area contributed by atoms with Crippen molar-refractivity contribution in [1.82, 2.24) is 19.9 Å². The third-order valence-electron chi connectivity index (χ3n) is 7.34. The Morgan fingerprint density at radius 2 is 1.82 bits per heavy atom. The zero-order chi connectivity index (χ0) is 23.9. The Labute approximate surface area is 205 Å². The molecule has 2 aliphatic rings. The lowest BCUT2D eigenvalue weighted by atomic mass is 9.75. The minimum Gasteiger partial charge on any atom is -0.496 e. The second kappa shape index (κ2) is 9.04. The van der Waals surface area contributed by atoms with Gasteiger partial charge in [-0.05, 0) is 45.3 Å². The molecule has 0 amide bonds. The van der Waals surface area contributed by atoms with Gasteiger partial charge in [0, 0.05) is 41.4 Å². The highest BCUT2D eigenvalue weighted by molar-refractivity contribution is 6.30. The van der Waals surface area contributed by atoms with Crippen molar-refractivity contribution in [1.29, 1.82) is 0 Å². The highest BCUT2D eigenvalue weighted by Gasteiger charge is 2.47. The van der Waals surface area contributed by atoms with E-state index in [2.05, 4.69) is 57.0 Å². The molecule has 8 heteroatoms. The molecule has 0 saturated carbocycles. The van der Waals surface area contributed by atoms with E-state index in [-0.39, 0.29) is 11.4 Å². The van der Waals surface area contributed by atoms with E-state index in [1.807, 2.05) is 13.1 Å². The summed E-state index contributed by atoms with van der Waals surface area (Å²) in [5.74, 6) is 1.93. The number of aryl methyl sites for hydroxylation is 1. The van der Waals surface area contributed by atoms with Gasteiger partial charge < -0.3 is 15.4 Å². The zero-order valence-corrected chi connectivity index (χ0v) is 20.8. The first kappa shape index (κ1) is 22.9. The first-order valence-electron chi connectivity index (χ1n) is 11.7. The van der Waals surface area contributed by atoms with Crippen LogP contribution >= 0.6 is 11.6 Å². The summed E-state index contributed by atoms with van der Waals surface area (Å²) in [4.78, 5) is 18.5. The molecule has 1 fully saturated rings. The minimum absolute atomic E-state index is 0.0873. The van der Waals surface area contributed by atoms with E-state index >= 15 is 0 Å². The highest BCUT2D eigenvalue weighted by Crippen LogP contribution is 2.49. The summed E-state index contributed by atoms with van der Waals surface area (Å²) < 4.78 is 5.63. The number of pyridine rings is 1. The molecule has 3 aromatic rings. The largest absolute Gasteiger partial charge is 0.496 e. The van der Waals surface area contributed by atoms with E-state index in [1.165, 1.54) is 5.56 Å². The van der Waals surface area contributed by atoms with Crippen LogP contribution in [0.4, 0.5) is 11.8 Å². The van der Waals surface area contributed by atoms with Crippen LogP contribution in [0.1, 0.15) is 40.8 Å². The van der Waals surface area contributed by atoms with E-state index in [1.54, 1.807) is 7.11 Å². The Morgan fingerprint density at radius 1 is 1.09 bits per heavy atom. The lowest BCUT2D eigenvalue weighted by molar-refractivity contribution is 0.159. The number of halogens is 1. The summed E-state index contributed by atoms with van der Waals surface area (Å²) in [6, 6.07) is 10.6. The Kier molecular flexibility index (Phi) is 6.08. The summed E-state index contributed by atoms with van der Waals surface area (Å²) in [6.07, 6.45) is 3.87. The summed E-state index contributed by atoms with van der Waals surface area (Å²) in [6.45, 7) is 8.49. The average molecular weight is 479 g/mol. The van der Waals surface area contributed by atoms with Crippen LogP contribution in [0.15, 0.2) is 36.5 Å². The van der Waals surface area contributed by atoms with E-state index in [9.17, 15) is 0 Å². The molecule has 1 aromatic carbocycles. The molecule has 0 radical (unpaired) electrons. The molecule has 1 spiro atoms. The number of benzene rings is 1. The third-order valence-corrected chi connectivity index (χ3v) is 7.61.